The fourth-order valence-corrected chi connectivity index (χ4v) is 7.71. The Morgan fingerprint density at radius 1 is 1.06 bits per heavy atom. The number of ketones is 1. The summed E-state index contributed by atoms with van der Waals surface area (Å²) in [6, 6.07) is 0. The summed E-state index contributed by atoms with van der Waals surface area (Å²) in [5.41, 5.74) is 8.92. The van der Waals surface area contributed by atoms with Gasteiger partial charge in [-0.3, -0.25) is 14.4 Å². The minimum atomic E-state index is -1.36. The number of fused-ring (bicyclic) bond motifs is 7. The molecular formula is C41H45MgN4O6-. The maximum Gasteiger partial charge on any atom is 2.00 e. The molecule has 0 radical (unpaired) electrons. The zero-order valence-corrected chi connectivity index (χ0v) is 32.8. The molecule has 11 heteroatoms. The minimum absolute atomic E-state index is 0. The third kappa shape index (κ3) is 6.52. The van der Waals surface area contributed by atoms with Gasteiger partial charge in [0.15, 0.2) is 11.5 Å². The topological polar surface area (TPSA) is 139 Å². The van der Waals surface area contributed by atoms with Gasteiger partial charge in [0.05, 0.1) is 12.7 Å². The average Bonchev–Trinajstić information content (AvgIpc) is 3.84. The Labute approximate surface area is 320 Å². The van der Waals surface area contributed by atoms with Gasteiger partial charge < -0.3 is 35.0 Å². The number of hydrogen-bond donors (Lipinski definition) is 1. The Morgan fingerprint density at radius 2 is 1.79 bits per heavy atom. The second-order valence-electron chi connectivity index (χ2n) is 13.7. The van der Waals surface area contributed by atoms with E-state index in [0.717, 1.165) is 45.3 Å². The molecule has 4 atom stereocenters. The fourth-order valence-electron chi connectivity index (χ4n) is 7.71. The van der Waals surface area contributed by atoms with Crippen LogP contribution in [0, 0.1) is 36.8 Å². The zero-order valence-electron chi connectivity index (χ0n) is 31.4. The molecule has 268 valence electrons. The van der Waals surface area contributed by atoms with Crippen LogP contribution in [0.3, 0.4) is 0 Å². The van der Waals surface area contributed by atoms with E-state index in [-0.39, 0.29) is 69.9 Å². The summed E-state index contributed by atoms with van der Waals surface area (Å²) in [5.74, 6) is -3.64. The van der Waals surface area contributed by atoms with Crippen LogP contribution in [0.4, 0.5) is 0 Å². The number of methoxy groups -OCH3 is 1. The van der Waals surface area contributed by atoms with Crippen LogP contribution in [-0.4, -0.2) is 54.5 Å². The van der Waals surface area contributed by atoms with Crippen molar-refractivity contribution in [3.05, 3.63) is 113 Å². The van der Waals surface area contributed by atoms with Crippen LogP contribution < -0.4 is 25.7 Å². The van der Waals surface area contributed by atoms with E-state index in [1.807, 2.05) is 59.8 Å². The molecule has 6 rings (SSSR count). The molecule has 0 spiro atoms. The van der Waals surface area contributed by atoms with E-state index in [9.17, 15) is 19.6 Å². The number of nitrogens with zero attached hydrogens (tertiary/aromatic N) is 3. The predicted octanol–water partition coefficient (Wildman–Crippen LogP) is 3.88. The van der Waals surface area contributed by atoms with Crippen LogP contribution in [0.5, 0.6) is 0 Å². The van der Waals surface area contributed by atoms with Crippen molar-refractivity contribution in [2.45, 2.75) is 74.1 Å². The van der Waals surface area contributed by atoms with Crippen molar-refractivity contribution >= 4 is 65.1 Å². The van der Waals surface area contributed by atoms with E-state index in [4.69, 9.17) is 24.8 Å². The van der Waals surface area contributed by atoms with Gasteiger partial charge in [-0.1, -0.05) is 67.8 Å². The molecular weight excluding hydrogens is 669 g/mol. The SMILES string of the molecule is C=Cc1c2[n-]c(c1C)/C=C1\[N-]/C(=C3\C4=C(C(=O)[C@@H]3C(=O)OC)C(C)=C(/C=c3\[n-]/c(c(C)c3CC)=C\2)[NH+]4[O-])[C@@H](CCC(=O)OC/C=C(\C)CC)[C@@H]1C.[Mg+2]. The van der Waals surface area contributed by atoms with Gasteiger partial charge in [-0.05, 0) is 76.5 Å². The number of hydrogen-bond acceptors (Lipinski definition) is 6. The van der Waals surface area contributed by atoms with E-state index in [1.165, 1.54) is 7.11 Å². The van der Waals surface area contributed by atoms with Crippen molar-refractivity contribution in [1.82, 2.24) is 9.97 Å². The van der Waals surface area contributed by atoms with Gasteiger partial charge in [0, 0.05) is 17.6 Å². The van der Waals surface area contributed by atoms with Crippen LogP contribution in [0.1, 0.15) is 87.5 Å². The van der Waals surface area contributed by atoms with Crippen molar-refractivity contribution in [3.8, 4) is 0 Å². The van der Waals surface area contributed by atoms with Crippen LogP contribution in [0.25, 0.3) is 29.6 Å². The van der Waals surface area contributed by atoms with Crippen molar-refractivity contribution in [1.29, 1.82) is 0 Å². The Morgan fingerprint density at radius 3 is 2.44 bits per heavy atom. The summed E-state index contributed by atoms with van der Waals surface area (Å²) in [5, 5.41) is 20.7. The predicted molar refractivity (Wildman–Crippen MR) is 201 cm³/mol. The summed E-state index contributed by atoms with van der Waals surface area (Å²) >= 11 is 0. The maximum absolute atomic E-state index is 14.5. The van der Waals surface area contributed by atoms with E-state index in [1.54, 1.807) is 19.1 Å². The van der Waals surface area contributed by atoms with Gasteiger partial charge in [0.25, 0.3) is 0 Å². The number of allylic oxidation sites excluding steroid dienone is 7. The molecule has 2 aromatic heterocycles. The Balaban J connectivity index is 0.00000523. The second kappa shape index (κ2) is 15.4. The standard InChI is InChI=1S/C41H46N4O6.Mg/c1-10-20(4)15-16-51-34(46)14-13-27-23(7)30-17-28-21(5)25(11-2)31(42-28)18-29-22(6)26(12-3)32(43-29)19-33-24(8)35-39(45(33)49)36(38(27)44-30)37(40(35)47)41(48)50-9;/h11,15,17-19,23,27,37,45H,2,10,12-14,16H2,1,3-9H3,(H,44,47);/q-2;+2/p-1/b20-15+,29-18-,30-17-,32-19-;/t23-,27-,37+;/m0./s1. The molecule has 52 heavy (non-hydrogen) atoms. The number of rotatable bonds is 9. The molecule has 5 heterocycles. The molecule has 1 N–H and O–H groups in total. The van der Waals surface area contributed by atoms with Gasteiger partial charge in [-0.15, -0.1) is 27.8 Å². The molecule has 0 aromatic carbocycles. The van der Waals surface area contributed by atoms with Crippen LogP contribution in [-0.2, 0) is 30.3 Å². The van der Waals surface area contributed by atoms with Crippen molar-refractivity contribution < 1.29 is 28.9 Å². The number of hydroxylamine groups is 2. The number of ether oxygens (including phenoxy) is 2. The number of quaternary nitrogens is 1. The van der Waals surface area contributed by atoms with E-state index in [2.05, 4.69) is 6.58 Å². The third-order valence-electron chi connectivity index (χ3n) is 10.9. The molecule has 4 aliphatic rings. The molecule has 1 aliphatic carbocycles. The fraction of sp³-hybridized carbons (Fsp3) is 0.390. The Bertz CT molecular complexity index is 2160. The minimum Gasteiger partial charge on any atom is -0.664 e. The number of Topliss-reactive ketones (excluding diaryl/α,β-unsaturated/α-hetero) is 1. The normalized spacial score (nSPS) is 25.8. The Kier molecular flexibility index (Phi) is 11.6. The van der Waals surface area contributed by atoms with Gasteiger partial charge in [-0.25, -0.2) is 0 Å². The smallest absolute Gasteiger partial charge is 0.664 e. The molecule has 0 amide bonds. The number of carbonyl (C=O) groups is 3. The summed E-state index contributed by atoms with van der Waals surface area (Å²) in [6.45, 7) is 18.1. The van der Waals surface area contributed by atoms with Crippen LogP contribution >= 0.6 is 0 Å². The van der Waals surface area contributed by atoms with Crippen molar-refractivity contribution in [2.24, 2.45) is 17.8 Å². The van der Waals surface area contributed by atoms with Crippen molar-refractivity contribution in [2.75, 3.05) is 13.7 Å². The summed E-state index contributed by atoms with van der Waals surface area (Å²) in [6.07, 6.45) is 11.3. The first kappa shape index (κ1) is 39.1. The molecule has 8 bridgehead atoms. The van der Waals surface area contributed by atoms with Crippen LogP contribution in [0.15, 0.2) is 57.7 Å². The molecule has 1 saturated heterocycles. The first-order chi connectivity index (χ1) is 24.4. The quantitative estimate of drug-likeness (QED) is 0.136. The largest absolute Gasteiger partial charge is 2.00 e. The summed E-state index contributed by atoms with van der Waals surface area (Å²) in [4.78, 5) is 50.6. The molecule has 1 fully saturated rings. The maximum atomic E-state index is 14.5. The number of nitrogens with one attached hydrogen (secondary N) is 1. The van der Waals surface area contributed by atoms with Gasteiger partial charge in [0.2, 0.25) is 0 Å². The van der Waals surface area contributed by atoms with E-state index < -0.39 is 23.6 Å². The monoisotopic (exact) mass is 713 g/mol. The van der Waals surface area contributed by atoms with Gasteiger partial charge >= 0.3 is 35.0 Å². The third-order valence-corrected chi connectivity index (χ3v) is 10.9. The zero-order chi connectivity index (χ0) is 36.9. The van der Waals surface area contributed by atoms with Crippen molar-refractivity contribution in [3.63, 3.8) is 0 Å². The molecule has 3 aliphatic heterocycles. The first-order valence-corrected chi connectivity index (χ1v) is 17.6. The van der Waals surface area contributed by atoms with E-state index >= 15 is 0 Å². The number of esters is 2. The van der Waals surface area contributed by atoms with Gasteiger partial charge in [0.1, 0.15) is 18.2 Å². The first-order valence-electron chi connectivity index (χ1n) is 17.6. The Hall–Kier alpha value is -4.16. The van der Waals surface area contributed by atoms with E-state index in [0.29, 0.717) is 46.5 Å². The van der Waals surface area contributed by atoms with Crippen LogP contribution in [0.2, 0.25) is 0 Å². The number of aromatic nitrogens is 2. The molecule has 0 saturated carbocycles. The molecule has 1 unspecified atom stereocenters. The van der Waals surface area contributed by atoms with Gasteiger partial charge in [-0.2, -0.15) is 5.70 Å². The summed E-state index contributed by atoms with van der Waals surface area (Å²) < 4.78 is 10.7. The summed E-state index contributed by atoms with van der Waals surface area (Å²) in [7, 11) is 1.23. The average molecular weight is 714 g/mol. The second-order valence-corrected chi connectivity index (χ2v) is 13.7. The molecule has 2 aromatic rings. The number of carbonyl (C=O) groups excluding carboxylic acids is 3. The molecule has 10 nitrogen and oxygen atoms in total.